The summed E-state index contributed by atoms with van der Waals surface area (Å²) in [4.78, 5) is 0. The Morgan fingerprint density at radius 3 is 2.07 bits per heavy atom. The van der Waals surface area contributed by atoms with Gasteiger partial charge in [0.2, 0.25) is 0 Å². The monoisotopic (exact) mass is 203 g/mol. The maximum Gasteiger partial charge on any atom is 0.127 e. The summed E-state index contributed by atoms with van der Waals surface area (Å²) < 4.78 is 10.6. The molecule has 78 valence electrons. The quantitative estimate of drug-likeness (QED) is 0.756. The lowest BCUT2D eigenvalue weighted by Crippen LogP contribution is -2.07. The van der Waals surface area contributed by atoms with E-state index >= 15 is 0 Å². The van der Waals surface area contributed by atoms with Gasteiger partial charge in [-0.25, -0.2) is 0 Å². The lowest BCUT2D eigenvalue weighted by atomic mass is 9.95. The summed E-state index contributed by atoms with van der Waals surface area (Å²) >= 11 is 0. The van der Waals surface area contributed by atoms with Crippen LogP contribution in [0.4, 0.5) is 0 Å². The van der Waals surface area contributed by atoms with Crippen LogP contribution in [0.2, 0.25) is 0 Å². The number of nitriles is 1. The van der Waals surface area contributed by atoms with E-state index in [-0.39, 0.29) is 5.41 Å². The van der Waals surface area contributed by atoms with Gasteiger partial charge in [0.25, 0.3) is 0 Å². The van der Waals surface area contributed by atoms with Gasteiger partial charge < -0.3 is 9.47 Å². The molecule has 0 aromatic heterocycles. The van der Waals surface area contributed by atoms with Gasteiger partial charge in [-0.3, -0.25) is 0 Å². The highest BCUT2D eigenvalue weighted by atomic mass is 16.5. The van der Waals surface area contributed by atoms with E-state index in [1.165, 1.54) is 0 Å². The Balaban J connectivity index is 2.57. The normalized spacial score (nSPS) is 16.6. The first-order valence-electron chi connectivity index (χ1n) is 4.90. The van der Waals surface area contributed by atoms with Crippen molar-refractivity contribution in [2.45, 2.75) is 18.3 Å². The second kappa shape index (κ2) is 3.47. The van der Waals surface area contributed by atoms with Crippen LogP contribution in [-0.2, 0) is 5.41 Å². The van der Waals surface area contributed by atoms with Crippen LogP contribution in [0.25, 0.3) is 0 Å². The first-order chi connectivity index (χ1) is 7.27. The molecule has 0 atom stereocenters. The highest BCUT2D eigenvalue weighted by molar-refractivity contribution is 5.55. The fourth-order valence-corrected chi connectivity index (χ4v) is 1.87. The van der Waals surface area contributed by atoms with E-state index in [1.807, 2.05) is 18.2 Å². The van der Waals surface area contributed by atoms with Crippen molar-refractivity contribution in [1.29, 1.82) is 5.26 Å². The SMILES string of the molecule is COc1cccc(OC)c1C1(C#N)CC1. The van der Waals surface area contributed by atoms with Crippen LogP contribution in [0, 0.1) is 11.3 Å². The number of benzene rings is 1. The van der Waals surface area contributed by atoms with Crippen molar-refractivity contribution in [1.82, 2.24) is 0 Å². The summed E-state index contributed by atoms with van der Waals surface area (Å²) in [5, 5.41) is 9.19. The minimum absolute atomic E-state index is 0.377. The number of hydrogen-bond donors (Lipinski definition) is 0. The van der Waals surface area contributed by atoms with E-state index in [1.54, 1.807) is 14.2 Å². The van der Waals surface area contributed by atoms with E-state index in [2.05, 4.69) is 6.07 Å². The fourth-order valence-electron chi connectivity index (χ4n) is 1.87. The van der Waals surface area contributed by atoms with Crippen LogP contribution in [0.1, 0.15) is 18.4 Å². The molecule has 1 fully saturated rings. The molecule has 1 aliphatic rings. The number of ether oxygens (including phenoxy) is 2. The highest BCUT2D eigenvalue weighted by Gasteiger charge is 2.48. The number of rotatable bonds is 3. The van der Waals surface area contributed by atoms with E-state index < -0.39 is 0 Å². The molecular formula is C12H13NO2. The Hall–Kier alpha value is -1.69. The van der Waals surface area contributed by atoms with E-state index in [0.717, 1.165) is 29.9 Å². The average Bonchev–Trinajstić information content (AvgIpc) is 3.08. The summed E-state index contributed by atoms with van der Waals surface area (Å²) in [5.41, 5.74) is 0.523. The average molecular weight is 203 g/mol. The predicted molar refractivity (Wildman–Crippen MR) is 56.1 cm³/mol. The van der Waals surface area contributed by atoms with Crippen molar-refractivity contribution in [3.63, 3.8) is 0 Å². The smallest absolute Gasteiger partial charge is 0.127 e. The highest BCUT2D eigenvalue weighted by Crippen LogP contribution is 2.54. The molecule has 0 aliphatic heterocycles. The molecule has 1 aromatic carbocycles. The number of methoxy groups -OCH3 is 2. The summed E-state index contributed by atoms with van der Waals surface area (Å²) in [5.74, 6) is 1.49. The Morgan fingerprint density at radius 1 is 1.20 bits per heavy atom. The van der Waals surface area contributed by atoms with Gasteiger partial charge in [-0.1, -0.05) is 6.07 Å². The summed E-state index contributed by atoms with van der Waals surface area (Å²) in [6.45, 7) is 0. The minimum atomic E-state index is -0.377. The largest absolute Gasteiger partial charge is 0.496 e. The van der Waals surface area contributed by atoms with Crippen LogP contribution in [0.15, 0.2) is 18.2 Å². The topological polar surface area (TPSA) is 42.2 Å². The summed E-state index contributed by atoms with van der Waals surface area (Å²) in [6.07, 6.45) is 1.78. The maximum atomic E-state index is 9.19. The molecule has 15 heavy (non-hydrogen) atoms. The van der Waals surface area contributed by atoms with Crippen LogP contribution in [0.3, 0.4) is 0 Å². The zero-order chi connectivity index (χ0) is 10.9. The molecular weight excluding hydrogens is 190 g/mol. The van der Waals surface area contributed by atoms with Crippen molar-refractivity contribution >= 4 is 0 Å². The molecule has 0 N–H and O–H groups in total. The standard InChI is InChI=1S/C12H13NO2/c1-14-9-4-3-5-10(15-2)11(9)12(8-13)6-7-12/h3-5H,6-7H2,1-2H3. The second-order valence-electron chi connectivity index (χ2n) is 3.73. The first-order valence-corrected chi connectivity index (χ1v) is 4.90. The third kappa shape index (κ3) is 1.42. The van der Waals surface area contributed by atoms with Crippen molar-refractivity contribution in [3.8, 4) is 17.6 Å². The lowest BCUT2D eigenvalue weighted by molar-refractivity contribution is 0.382. The molecule has 0 unspecified atom stereocenters. The van der Waals surface area contributed by atoms with Crippen LogP contribution in [0.5, 0.6) is 11.5 Å². The Morgan fingerprint density at radius 2 is 1.73 bits per heavy atom. The molecule has 3 heteroatoms. The predicted octanol–water partition coefficient (Wildman–Crippen LogP) is 2.26. The molecule has 0 amide bonds. The molecule has 3 nitrogen and oxygen atoms in total. The second-order valence-corrected chi connectivity index (χ2v) is 3.73. The molecule has 0 spiro atoms. The van der Waals surface area contributed by atoms with Crippen molar-refractivity contribution in [2.75, 3.05) is 14.2 Å². The van der Waals surface area contributed by atoms with Crippen LogP contribution >= 0.6 is 0 Å². The van der Waals surface area contributed by atoms with E-state index in [9.17, 15) is 5.26 Å². The molecule has 0 bridgehead atoms. The van der Waals surface area contributed by atoms with Crippen molar-refractivity contribution in [3.05, 3.63) is 23.8 Å². The number of nitrogens with zero attached hydrogens (tertiary/aromatic N) is 1. The zero-order valence-corrected chi connectivity index (χ0v) is 8.91. The third-order valence-corrected chi connectivity index (χ3v) is 2.87. The van der Waals surface area contributed by atoms with Gasteiger partial charge in [0.05, 0.1) is 31.3 Å². The van der Waals surface area contributed by atoms with Gasteiger partial charge in [0.15, 0.2) is 0 Å². The fraction of sp³-hybridized carbons (Fsp3) is 0.417. The minimum Gasteiger partial charge on any atom is -0.496 e. The van der Waals surface area contributed by atoms with Gasteiger partial charge in [-0.05, 0) is 25.0 Å². The van der Waals surface area contributed by atoms with Gasteiger partial charge >= 0.3 is 0 Å². The molecule has 0 radical (unpaired) electrons. The van der Waals surface area contributed by atoms with Crippen LogP contribution < -0.4 is 9.47 Å². The molecule has 1 aliphatic carbocycles. The molecule has 1 saturated carbocycles. The lowest BCUT2D eigenvalue weighted by Gasteiger charge is -2.15. The zero-order valence-electron chi connectivity index (χ0n) is 8.91. The summed E-state index contributed by atoms with van der Waals surface area (Å²) in [6, 6.07) is 7.97. The molecule has 2 rings (SSSR count). The molecule has 1 aromatic rings. The Kier molecular flexibility index (Phi) is 2.28. The third-order valence-electron chi connectivity index (χ3n) is 2.87. The van der Waals surface area contributed by atoms with Crippen molar-refractivity contribution < 1.29 is 9.47 Å². The molecule has 0 saturated heterocycles. The summed E-state index contributed by atoms with van der Waals surface area (Å²) in [7, 11) is 3.23. The van der Waals surface area contributed by atoms with E-state index in [0.29, 0.717) is 0 Å². The molecule has 0 heterocycles. The van der Waals surface area contributed by atoms with E-state index in [4.69, 9.17) is 9.47 Å². The van der Waals surface area contributed by atoms with Gasteiger partial charge in [0.1, 0.15) is 11.5 Å². The Labute approximate surface area is 89.2 Å². The van der Waals surface area contributed by atoms with Gasteiger partial charge in [0, 0.05) is 0 Å². The van der Waals surface area contributed by atoms with Gasteiger partial charge in [-0.2, -0.15) is 5.26 Å². The first kappa shape index (κ1) is 9.85. The van der Waals surface area contributed by atoms with Crippen LogP contribution in [-0.4, -0.2) is 14.2 Å². The number of hydrogen-bond acceptors (Lipinski definition) is 3. The maximum absolute atomic E-state index is 9.19. The Bertz CT molecular complexity index is 394. The van der Waals surface area contributed by atoms with Crippen molar-refractivity contribution in [2.24, 2.45) is 0 Å². The van der Waals surface area contributed by atoms with Gasteiger partial charge in [-0.15, -0.1) is 0 Å².